The molecule has 1 aromatic heterocycles. The lowest BCUT2D eigenvalue weighted by Gasteiger charge is -2.36. The van der Waals surface area contributed by atoms with Gasteiger partial charge in [0.2, 0.25) is 5.91 Å². The van der Waals surface area contributed by atoms with Gasteiger partial charge in [0.05, 0.1) is 11.7 Å². The Labute approximate surface area is 194 Å². The Bertz CT molecular complexity index is 1030. The van der Waals surface area contributed by atoms with Crippen molar-refractivity contribution in [2.45, 2.75) is 39.0 Å². The van der Waals surface area contributed by atoms with Gasteiger partial charge in [-0.1, -0.05) is 36.4 Å². The lowest BCUT2D eigenvalue weighted by atomic mass is 9.87. The van der Waals surface area contributed by atoms with Crippen LogP contribution < -0.4 is 10.1 Å². The summed E-state index contributed by atoms with van der Waals surface area (Å²) in [6.07, 6.45) is 3.79. The lowest BCUT2D eigenvalue weighted by Crippen LogP contribution is -2.40. The predicted molar refractivity (Wildman–Crippen MR) is 126 cm³/mol. The van der Waals surface area contributed by atoms with Crippen LogP contribution in [0.15, 0.2) is 72.9 Å². The van der Waals surface area contributed by atoms with Gasteiger partial charge >= 0.3 is 0 Å². The van der Waals surface area contributed by atoms with Crippen molar-refractivity contribution in [1.29, 1.82) is 0 Å². The van der Waals surface area contributed by atoms with Crippen molar-refractivity contribution in [3.63, 3.8) is 0 Å². The molecule has 1 N–H and O–H groups in total. The minimum atomic E-state index is -0.249. The number of pyridine rings is 1. The number of hydrogen-bond donors (Lipinski definition) is 1. The highest BCUT2D eigenvalue weighted by molar-refractivity contribution is 5.73. The molecule has 3 aromatic rings. The molecule has 4 rings (SSSR count). The van der Waals surface area contributed by atoms with Gasteiger partial charge in [0.1, 0.15) is 18.2 Å². The zero-order valence-electron chi connectivity index (χ0n) is 18.9. The molecule has 0 unspecified atom stereocenters. The fourth-order valence-electron chi connectivity index (χ4n) is 4.38. The second-order valence-corrected chi connectivity index (χ2v) is 8.57. The molecule has 0 radical (unpaired) electrons. The van der Waals surface area contributed by atoms with Crippen LogP contribution in [0, 0.1) is 11.7 Å². The van der Waals surface area contributed by atoms with Gasteiger partial charge in [-0.05, 0) is 67.7 Å². The van der Waals surface area contributed by atoms with E-state index in [1.165, 1.54) is 11.6 Å². The Balaban J connectivity index is 1.28. The molecule has 1 atom stereocenters. The molecule has 33 heavy (non-hydrogen) atoms. The van der Waals surface area contributed by atoms with E-state index >= 15 is 0 Å². The smallest absolute Gasteiger partial charge is 0.217 e. The Kier molecular flexibility index (Phi) is 7.68. The van der Waals surface area contributed by atoms with Crippen molar-refractivity contribution in [3.8, 4) is 5.75 Å². The van der Waals surface area contributed by atoms with Crippen molar-refractivity contribution < 1.29 is 13.9 Å². The number of benzene rings is 2. The average molecular weight is 448 g/mol. The van der Waals surface area contributed by atoms with Crippen molar-refractivity contribution in [1.82, 2.24) is 15.2 Å². The minimum Gasteiger partial charge on any atom is -0.489 e. The molecule has 6 heteroatoms. The molecule has 0 spiro atoms. The Morgan fingerprint density at radius 1 is 1.09 bits per heavy atom. The van der Waals surface area contributed by atoms with E-state index in [0.717, 1.165) is 43.9 Å². The van der Waals surface area contributed by atoms with Crippen LogP contribution in [0.3, 0.4) is 0 Å². The fraction of sp³-hybridized carbons (Fsp3) is 0.333. The molecule has 1 aliphatic heterocycles. The Morgan fingerprint density at radius 2 is 1.82 bits per heavy atom. The first-order valence-corrected chi connectivity index (χ1v) is 11.4. The summed E-state index contributed by atoms with van der Waals surface area (Å²) in [4.78, 5) is 18.7. The van der Waals surface area contributed by atoms with Crippen LogP contribution in [-0.2, 0) is 17.9 Å². The molecule has 1 fully saturated rings. The van der Waals surface area contributed by atoms with Crippen LogP contribution in [0.25, 0.3) is 0 Å². The van der Waals surface area contributed by atoms with Gasteiger partial charge in [-0.25, -0.2) is 4.39 Å². The summed E-state index contributed by atoms with van der Waals surface area (Å²) < 4.78 is 19.5. The second-order valence-electron chi connectivity index (χ2n) is 8.57. The number of rotatable bonds is 8. The van der Waals surface area contributed by atoms with Crippen LogP contribution in [0.5, 0.6) is 5.75 Å². The predicted octanol–water partition coefficient (Wildman–Crippen LogP) is 4.89. The van der Waals surface area contributed by atoms with Gasteiger partial charge in [-0.3, -0.25) is 14.7 Å². The summed E-state index contributed by atoms with van der Waals surface area (Å²) in [5.41, 5.74) is 2.69. The third kappa shape index (κ3) is 6.39. The maximum Gasteiger partial charge on any atom is 0.217 e. The molecule has 0 aliphatic carbocycles. The molecule has 2 aromatic carbocycles. The van der Waals surface area contributed by atoms with Crippen LogP contribution in [0.1, 0.15) is 42.6 Å². The topological polar surface area (TPSA) is 54.5 Å². The van der Waals surface area contributed by atoms with E-state index in [4.69, 9.17) is 4.74 Å². The van der Waals surface area contributed by atoms with Crippen molar-refractivity contribution in [2.75, 3.05) is 13.1 Å². The number of nitrogens with zero attached hydrogens (tertiary/aromatic N) is 2. The lowest BCUT2D eigenvalue weighted by molar-refractivity contribution is -0.120. The van der Waals surface area contributed by atoms with Gasteiger partial charge in [0.15, 0.2) is 0 Å². The highest BCUT2D eigenvalue weighted by Crippen LogP contribution is 2.30. The fourth-order valence-corrected chi connectivity index (χ4v) is 4.38. The monoisotopic (exact) mass is 447 g/mol. The van der Waals surface area contributed by atoms with Crippen LogP contribution >= 0.6 is 0 Å². The SMILES string of the molecule is CC(=O)N[C@H](c1ccccn1)C1CCN(Cc2ccc(OCc3ccccc3F)cc2)CC1. The van der Waals surface area contributed by atoms with Gasteiger partial charge < -0.3 is 10.1 Å². The third-order valence-electron chi connectivity index (χ3n) is 6.15. The van der Waals surface area contributed by atoms with Gasteiger partial charge in [-0.2, -0.15) is 0 Å². The van der Waals surface area contributed by atoms with Crippen LogP contribution in [0.4, 0.5) is 4.39 Å². The van der Waals surface area contributed by atoms with Crippen molar-refractivity contribution >= 4 is 5.91 Å². The Morgan fingerprint density at radius 3 is 2.48 bits per heavy atom. The van der Waals surface area contributed by atoms with E-state index in [2.05, 4.69) is 27.3 Å². The molecular formula is C27H30FN3O2. The molecule has 0 bridgehead atoms. The standard InChI is InChI=1S/C27H30FN3O2/c1-20(32)30-27(26-8-4-5-15-29-26)22-13-16-31(17-14-22)18-21-9-11-24(12-10-21)33-19-23-6-2-3-7-25(23)28/h2-12,15,22,27H,13-14,16-19H2,1H3,(H,30,32)/t27-/m0/s1. The molecule has 0 saturated carbocycles. The zero-order chi connectivity index (χ0) is 23.0. The second kappa shape index (κ2) is 11.1. The van der Waals surface area contributed by atoms with E-state index in [-0.39, 0.29) is 24.4 Å². The molecule has 1 saturated heterocycles. The van der Waals surface area contributed by atoms with Crippen molar-refractivity contribution in [3.05, 3.63) is 95.6 Å². The minimum absolute atomic E-state index is 0.0228. The summed E-state index contributed by atoms with van der Waals surface area (Å²) >= 11 is 0. The number of nitrogens with one attached hydrogen (secondary N) is 1. The number of ether oxygens (including phenoxy) is 1. The van der Waals surface area contributed by atoms with E-state index < -0.39 is 0 Å². The number of hydrogen-bond acceptors (Lipinski definition) is 4. The summed E-state index contributed by atoms with van der Waals surface area (Å²) in [6, 6.07) is 20.5. The number of carbonyl (C=O) groups is 1. The Hall–Kier alpha value is -3.25. The van der Waals surface area contributed by atoms with E-state index in [9.17, 15) is 9.18 Å². The number of likely N-dealkylation sites (tertiary alicyclic amines) is 1. The summed E-state index contributed by atoms with van der Waals surface area (Å²) in [5, 5.41) is 3.11. The zero-order valence-corrected chi connectivity index (χ0v) is 18.9. The maximum absolute atomic E-state index is 13.7. The third-order valence-corrected chi connectivity index (χ3v) is 6.15. The maximum atomic E-state index is 13.7. The van der Waals surface area contributed by atoms with Gasteiger partial charge in [0.25, 0.3) is 0 Å². The van der Waals surface area contributed by atoms with E-state index in [0.29, 0.717) is 11.5 Å². The first-order chi connectivity index (χ1) is 16.1. The van der Waals surface area contributed by atoms with Gasteiger partial charge in [0, 0.05) is 25.2 Å². The van der Waals surface area contributed by atoms with E-state index in [1.807, 2.05) is 36.4 Å². The number of amides is 1. The van der Waals surface area contributed by atoms with Crippen LogP contribution in [-0.4, -0.2) is 28.9 Å². The summed E-state index contributed by atoms with van der Waals surface area (Å²) in [6.45, 7) is 4.59. The molecule has 172 valence electrons. The molecule has 5 nitrogen and oxygen atoms in total. The molecule has 1 amide bonds. The number of carbonyl (C=O) groups excluding carboxylic acids is 1. The highest BCUT2D eigenvalue weighted by Gasteiger charge is 2.29. The first kappa shape index (κ1) is 22.9. The number of aromatic nitrogens is 1. The molecular weight excluding hydrogens is 417 g/mol. The normalized spacial score (nSPS) is 15.7. The summed E-state index contributed by atoms with van der Waals surface area (Å²) in [7, 11) is 0. The number of halogens is 1. The highest BCUT2D eigenvalue weighted by atomic mass is 19.1. The van der Waals surface area contributed by atoms with E-state index in [1.54, 1.807) is 25.3 Å². The quantitative estimate of drug-likeness (QED) is 0.534. The number of piperidine rings is 1. The molecule has 1 aliphatic rings. The average Bonchev–Trinajstić information content (AvgIpc) is 2.84. The van der Waals surface area contributed by atoms with Crippen molar-refractivity contribution in [2.24, 2.45) is 5.92 Å². The largest absolute Gasteiger partial charge is 0.489 e. The first-order valence-electron chi connectivity index (χ1n) is 11.4. The summed E-state index contributed by atoms with van der Waals surface area (Å²) in [5.74, 6) is 0.829. The molecule has 2 heterocycles. The van der Waals surface area contributed by atoms with Gasteiger partial charge in [-0.15, -0.1) is 0 Å². The van der Waals surface area contributed by atoms with Crippen LogP contribution in [0.2, 0.25) is 0 Å².